The first-order chi connectivity index (χ1) is 13.1. The van der Waals surface area contributed by atoms with Gasteiger partial charge in [0.2, 0.25) is 0 Å². The molecule has 2 N–H and O–H groups in total. The summed E-state index contributed by atoms with van der Waals surface area (Å²) < 4.78 is 10.6. The van der Waals surface area contributed by atoms with E-state index in [-0.39, 0.29) is 23.6 Å². The average Bonchev–Trinajstić information content (AvgIpc) is 3.20. The Bertz CT molecular complexity index is 837. The van der Waals surface area contributed by atoms with E-state index in [2.05, 4.69) is 15.6 Å². The van der Waals surface area contributed by atoms with Gasteiger partial charge in [0.25, 0.3) is 11.8 Å². The molecule has 0 radical (unpaired) electrons. The zero-order chi connectivity index (χ0) is 19.2. The SMILES string of the molecule is COc1ccc(NC(=O)c2ccnc(C(=O)NCC3CCCO3)c2)cc1Cl. The zero-order valence-corrected chi connectivity index (χ0v) is 15.6. The lowest BCUT2D eigenvalue weighted by atomic mass is 10.2. The number of nitrogens with one attached hydrogen (secondary N) is 2. The Kier molecular flexibility index (Phi) is 6.26. The van der Waals surface area contributed by atoms with Crippen molar-refractivity contribution in [3.63, 3.8) is 0 Å². The fourth-order valence-corrected chi connectivity index (χ4v) is 3.00. The first-order valence-corrected chi connectivity index (χ1v) is 8.95. The molecular formula is C19H20ClN3O4. The van der Waals surface area contributed by atoms with Crippen molar-refractivity contribution in [3.8, 4) is 5.75 Å². The van der Waals surface area contributed by atoms with Crippen LogP contribution in [0.3, 0.4) is 0 Å². The predicted octanol–water partition coefficient (Wildman–Crippen LogP) is 2.90. The third-order valence-corrected chi connectivity index (χ3v) is 4.47. The molecule has 1 atom stereocenters. The largest absolute Gasteiger partial charge is 0.495 e. The van der Waals surface area contributed by atoms with Crippen LogP contribution in [0.5, 0.6) is 5.75 Å². The minimum absolute atomic E-state index is 0.0419. The number of ether oxygens (including phenoxy) is 2. The van der Waals surface area contributed by atoms with Gasteiger partial charge in [-0.05, 0) is 43.2 Å². The maximum atomic E-state index is 12.5. The molecule has 3 rings (SSSR count). The van der Waals surface area contributed by atoms with Crippen LogP contribution in [0.15, 0.2) is 36.5 Å². The van der Waals surface area contributed by atoms with Gasteiger partial charge in [-0.3, -0.25) is 14.6 Å². The monoisotopic (exact) mass is 389 g/mol. The molecule has 0 spiro atoms. The lowest BCUT2D eigenvalue weighted by Crippen LogP contribution is -2.32. The molecule has 0 saturated carbocycles. The quantitative estimate of drug-likeness (QED) is 0.792. The molecule has 1 fully saturated rings. The molecule has 1 aliphatic rings. The van der Waals surface area contributed by atoms with Crippen molar-refractivity contribution in [2.24, 2.45) is 0 Å². The number of halogens is 1. The molecule has 27 heavy (non-hydrogen) atoms. The van der Waals surface area contributed by atoms with E-state index in [1.54, 1.807) is 18.2 Å². The van der Waals surface area contributed by atoms with Gasteiger partial charge in [-0.15, -0.1) is 0 Å². The van der Waals surface area contributed by atoms with E-state index in [4.69, 9.17) is 21.1 Å². The van der Waals surface area contributed by atoms with E-state index in [9.17, 15) is 9.59 Å². The number of methoxy groups -OCH3 is 1. The topological polar surface area (TPSA) is 89.5 Å². The summed E-state index contributed by atoms with van der Waals surface area (Å²) in [6.07, 6.45) is 3.40. The van der Waals surface area contributed by atoms with Gasteiger partial charge in [0.15, 0.2) is 0 Å². The van der Waals surface area contributed by atoms with E-state index < -0.39 is 0 Å². The molecule has 1 aromatic heterocycles. The first kappa shape index (κ1) is 19.1. The number of carbonyl (C=O) groups excluding carboxylic acids is 2. The van der Waals surface area contributed by atoms with Crippen LogP contribution >= 0.6 is 11.6 Å². The number of amides is 2. The third-order valence-electron chi connectivity index (χ3n) is 4.18. The molecule has 2 amide bonds. The maximum absolute atomic E-state index is 12.5. The highest BCUT2D eigenvalue weighted by Crippen LogP contribution is 2.27. The summed E-state index contributed by atoms with van der Waals surface area (Å²) >= 11 is 6.06. The van der Waals surface area contributed by atoms with Crippen molar-refractivity contribution in [1.29, 1.82) is 0 Å². The maximum Gasteiger partial charge on any atom is 0.269 e. The van der Waals surface area contributed by atoms with Gasteiger partial charge < -0.3 is 20.1 Å². The number of aromatic nitrogens is 1. The van der Waals surface area contributed by atoms with Crippen LogP contribution in [-0.2, 0) is 4.74 Å². The van der Waals surface area contributed by atoms with Gasteiger partial charge in [0.05, 0.1) is 18.2 Å². The summed E-state index contributed by atoms with van der Waals surface area (Å²) in [7, 11) is 1.52. The zero-order valence-electron chi connectivity index (χ0n) is 14.8. The predicted molar refractivity (Wildman–Crippen MR) is 102 cm³/mol. The van der Waals surface area contributed by atoms with Crippen molar-refractivity contribution in [2.75, 3.05) is 25.6 Å². The highest BCUT2D eigenvalue weighted by atomic mass is 35.5. The minimum atomic E-state index is -0.369. The van der Waals surface area contributed by atoms with Gasteiger partial charge in [-0.25, -0.2) is 0 Å². The number of rotatable bonds is 6. The summed E-state index contributed by atoms with van der Waals surface area (Å²) in [5.74, 6) is -0.191. The van der Waals surface area contributed by atoms with E-state index >= 15 is 0 Å². The summed E-state index contributed by atoms with van der Waals surface area (Å²) in [6.45, 7) is 1.16. The van der Waals surface area contributed by atoms with Crippen LogP contribution in [0.4, 0.5) is 5.69 Å². The van der Waals surface area contributed by atoms with Gasteiger partial charge >= 0.3 is 0 Å². The van der Waals surface area contributed by atoms with Gasteiger partial charge in [-0.2, -0.15) is 0 Å². The molecule has 1 aliphatic heterocycles. The van der Waals surface area contributed by atoms with Crippen molar-refractivity contribution < 1.29 is 19.1 Å². The number of benzene rings is 1. The number of anilines is 1. The van der Waals surface area contributed by atoms with E-state index in [0.717, 1.165) is 19.4 Å². The highest BCUT2D eigenvalue weighted by Gasteiger charge is 2.18. The number of pyridine rings is 1. The Labute approximate surface area is 162 Å². The fraction of sp³-hybridized carbons (Fsp3) is 0.316. The van der Waals surface area contributed by atoms with Crippen LogP contribution in [0, 0.1) is 0 Å². The molecule has 7 nitrogen and oxygen atoms in total. The smallest absolute Gasteiger partial charge is 0.269 e. The molecule has 2 heterocycles. The number of hydrogen-bond donors (Lipinski definition) is 2. The molecule has 0 bridgehead atoms. The molecule has 2 aromatic rings. The van der Waals surface area contributed by atoms with Crippen molar-refractivity contribution in [3.05, 3.63) is 52.8 Å². The number of nitrogens with zero attached hydrogens (tertiary/aromatic N) is 1. The lowest BCUT2D eigenvalue weighted by Gasteiger charge is -2.11. The number of hydrogen-bond acceptors (Lipinski definition) is 5. The number of carbonyl (C=O) groups is 2. The molecule has 1 aromatic carbocycles. The van der Waals surface area contributed by atoms with Gasteiger partial charge in [0, 0.05) is 30.6 Å². The Balaban J connectivity index is 1.64. The van der Waals surface area contributed by atoms with Crippen molar-refractivity contribution >= 4 is 29.1 Å². The van der Waals surface area contributed by atoms with Crippen molar-refractivity contribution in [1.82, 2.24) is 10.3 Å². The van der Waals surface area contributed by atoms with Crippen LogP contribution in [-0.4, -0.2) is 43.2 Å². The van der Waals surface area contributed by atoms with Crippen LogP contribution < -0.4 is 15.4 Å². The Morgan fingerprint density at radius 3 is 2.85 bits per heavy atom. The molecule has 8 heteroatoms. The normalized spacial score (nSPS) is 16.0. The summed E-state index contributed by atoms with van der Waals surface area (Å²) in [5, 5.41) is 5.91. The molecule has 142 valence electrons. The molecular weight excluding hydrogens is 370 g/mol. The Morgan fingerprint density at radius 1 is 1.30 bits per heavy atom. The molecule has 1 unspecified atom stereocenters. The van der Waals surface area contributed by atoms with Crippen LogP contribution in [0.1, 0.15) is 33.7 Å². The Hall–Kier alpha value is -2.64. The Morgan fingerprint density at radius 2 is 2.15 bits per heavy atom. The van der Waals surface area contributed by atoms with E-state index in [1.807, 2.05) is 0 Å². The fourth-order valence-electron chi connectivity index (χ4n) is 2.75. The second kappa shape index (κ2) is 8.83. The van der Waals surface area contributed by atoms with Gasteiger partial charge in [-0.1, -0.05) is 11.6 Å². The van der Waals surface area contributed by atoms with Crippen LogP contribution in [0.2, 0.25) is 5.02 Å². The lowest BCUT2D eigenvalue weighted by molar-refractivity contribution is 0.0853. The molecule has 1 saturated heterocycles. The first-order valence-electron chi connectivity index (χ1n) is 8.57. The highest BCUT2D eigenvalue weighted by molar-refractivity contribution is 6.32. The van der Waals surface area contributed by atoms with E-state index in [0.29, 0.717) is 28.6 Å². The van der Waals surface area contributed by atoms with E-state index in [1.165, 1.54) is 25.4 Å². The third kappa shape index (κ3) is 4.96. The summed E-state index contributed by atoms with van der Waals surface area (Å²) in [4.78, 5) is 28.8. The van der Waals surface area contributed by atoms with Crippen molar-refractivity contribution in [2.45, 2.75) is 18.9 Å². The standard InChI is InChI=1S/C19H20ClN3O4/c1-26-17-5-4-13(10-15(17)20)23-18(24)12-6-7-21-16(9-12)19(25)22-11-14-3-2-8-27-14/h4-7,9-10,14H,2-3,8,11H2,1H3,(H,22,25)(H,23,24). The summed E-state index contributed by atoms with van der Waals surface area (Å²) in [6, 6.07) is 7.92. The minimum Gasteiger partial charge on any atom is -0.495 e. The second-order valence-electron chi connectivity index (χ2n) is 6.08. The summed E-state index contributed by atoms with van der Waals surface area (Å²) in [5.41, 5.74) is 1.01. The second-order valence-corrected chi connectivity index (χ2v) is 6.49. The van der Waals surface area contributed by atoms with Gasteiger partial charge in [0.1, 0.15) is 11.4 Å². The van der Waals surface area contributed by atoms with Crippen LogP contribution in [0.25, 0.3) is 0 Å². The average molecular weight is 390 g/mol. The molecule has 0 aliphatic carbocycles.